The summed E-state index contributed by atoms with van der Waals surface area (Å²) in [5.74, 6) is 0.175. The average Bonchev–Trinajstić information content (AvgIpc) is 2.16. The molecule has 0 saturated carbocycles. The molecule has 2 nitrogen and oxygen atoms in total. The number of halogens is 1. The average molecular weight is 301 g/mol. The normalized spacial score (nSPS) is 15.1. The predicted molar refractivity (Wildman–Crippen MR) is 64.0 cm³/mol. The fourth-order valence-electron chi connectivity index (χ4n) is 1.79. The van der Waals surface area contributed by atoms with Crippen LogP contribution in [0.4, 0.5) is 0 Å². The molecule has 1 aliphatic rings. The van der Waals surface area contributed by atoms with Gasteiger partial charge in [-0.2, -0.15) is 0 Å². The summed E-state index contributed by atoms with van der Waals surface area (Å²) in [5.41, 5.74) is 2.70. The van der Waals surface area contributed by atoms with Crippen LogP contribution in [-0.2, 0) is 17.8 Å². The monoisotopic (exact) mass is 301 g/mol. The van der Waals surface area contributed by atoms with Gasteiger partial charge >= 0.3 is 0 Å². The van der Waals surface area contributed by atoms with Crippen molar-refractivity contribution in [2.24, 2.45) is 0 Å². The van der Waals surface area contributed by atoms with Gasteiger partial charge in [-0.05, 0) is 52.3 Å². The Hall–Kier alpha value is -0.580. The molecule has 3 heteroatoms. The highest BCUT2D eigenvalue weighted by molar-refractivity contribution is 14.1. The van der Waals surface area contributed by atoms with Crippen molar-refractivity contribution in [2.75, 3.05) is 6.54 Å². The van der Waals surface area contributed by atoms with Gasteiger partial charge in [0.2, 0.25) is 5.91 Å². The minimum Gasteiger partial charge on any atom is -0.338 e. The SMILES string of the molecule is CC(=O)N1CCc2ccc(I)cc2C1. The minimum absolute atomic E-state index is 0.175. The summed E-state index contributed by atoms with van der Waals surface area (Å²) in [4.78, 5) is 13.1. The van der Waals surface area contributed by atoms with Crippen LogP contribution < -0.4 is 0 Å². The third-order valence-corrected chi connectivity index (χ3v) is 3.30. The topological polar surface area (TPSA) is 20.3 Å². The van der Waals surface area contributed by atoms with Crippen LogP contribution in [0, 0.1) is 3.57 Å². The number of nitrogens with zero attached hydrogens (tertiary/aromatic N) is 1. The predicted octanol–water partition coefficient (Wildman–Crippen LogP) is 2.20. The van der Waals surface area contributed by atoms with Crippen molar-refractivity contribution in [3.8, 4) is 0 Å². The minimum atomic E-state index is 0.175. The Bertz CT molecular complexity index is 376. The van der Waals surface area contributed by atoms with Crippen LogP contribution in [0.25, 0.3) is 0 Å². The highest BCUT2D eigenvalue weighted by Gasteiger charge is 2.17. The van der Waals surface area contributed by atoms with E-state index in [1.807, 2.05) is 4.90 Å². The van der Waals surface area contributed by atoms with E-state index in [0.717, 1.165) is 19.5 Å². The molecule has 0 atom stereocenters. The number of amides is 1. The summed E-state index contributed by atoms with van der Waals surface area (Å²) >= 11 is 2.31. The maximum atomic E-state index is 11.2. The van der Waals surface area contributed by atoms with Crippen LogP contribution >= 0.6 is 22.6 Å². The van der Waals surface area contributed by atoms with E-state index in [4.69, 9.17) is 0 Å². The van der Waals surface area contributed by atoms with Crippen molar-refractivity contribution in [2.45, 2.75) is 19.9 Å². The van der Waals surface area contributed by atoms with Gasteiger partial charge in [-0.15, -0.1) is 0 Å². The lowest BCUT2D eigenvalue weighted by molar-refractivity contribution is -0.129. The Labute approximate surface area is 97.4 Å². The number of hydrogen-bond acceptors (Lipinski definition) is 1. The molecule has 0 saturated heterocycles. The first kappa shape index (κ1) is 9.96. The Morgan fingerprint density at radius 1 is 1.43 bits per heavy atom. The molecule has 0 unspecified atom stereocenters. The molecule has 0 aliphatic carbocycles. The van der Waals surface area contributed by atoms with E-state index in [2.05, 4.69) is 40.8 Å². The van der Waals surface area contributed by atoms with E-state index >= 15 is 0 Å². The summed E-state index contributed by atoms with van der Waals surface area (Å²) in [5, 5.41) is 0. The fourth-order valence-corrected chi connectivity index (χ4v) is 2.35. The second-order valence-electron chi connectivity index (χ2n) is 3.60. The first-order valence-corrected chi connectivity index (χ1v) is 5.77. The van der Waals surface area contributed by atoms with E-state index < -0.39 is 0 Å². The van der Waals surface area contributed by atoms with Crippen molar-refractivity contribution in [3.05, 3.63) is 32.9 Å². The van der Waals surface area contributed by atoms with Crippen LogP contribution in [0.5, 0.6) is 0 Å². The molecule has 0 radical (unpaired) electrons. The molecule has 0 aromatic heterocycles. The van der Waals surface area contributed by atoms with E-state index in [1.54, 1.807) is 6.92 Å². The lowest BCUT2D eigenvalue weighted by Gasteiger charge is -2.27. The lowest BCUT2D eigenvalue weighted by Crippen LogP contribution is -2.34. The fraction of sp³-hybridized carbons (Fsp3) is 0.364. The van der Waals surface area contributed by atoms with Gasteiger partial charge in [0.25, 0.3) is 0 Å². The maximum absolute atomic E-state index is 11.2. The highest BCUT2D eigenvalue weighted by atomic mass is 127. The van der Waals surface area contributed by atoms with Crippen LogP contribution in [0.15, 0.2) is 18.2 Å². The summed E-state index contributed by atoms with van der Waals surface area (Å²) in [6.45, 7) is 3.28. The molecule has 1 aromatic rings. The number of benzene rings is 1. The molecule has 74 valence electrons. The second kappa shape index (κ2) is 3.88. The molecule has 14 heavy (non-hydrogen) atoms. The van der Waals surface area contributed by atoms with Gasteiger partial charge in [0.05, 0.1) is 0 Å². The molecule has 1 amide bonds. The molecular formula is C11H12INO. The Balaban J connectivity index is 2.29. The summed E-state index contributed by atoms with van der Waals surface area (Å²) in [6, 6.07) is 6.47. The quantitative estimate of drug-likeness (QED) is 0.673. The standard InChI is InChI=1S/C11H12INO/c1-8(14)13-5-4-9-2-3-11(12)6-10(9)7-13/h2-3,6H,4-5,7H2,1H3. The van der Waals surface area contributed by atoms with Crippen molar-refractivity contribution >= 4 is 28.5 Å². The Kier molecular flexibility index (Phi) is 2.76. The third kappa shape index (κ3) is 1.92. The van der Waals surface area contributed by atoms with Gasteiger partial charge in [0.1, 0.15) is 0 Å². The number of carbonyl (C=O) groups excluding carboxylic acids is 1. The molecule has 1 aliphatic heterocycles. The first-order chi connectivity index (χ1) is 6.66. The van der Waals surface area contributed by atoms with Gasteiger partial charge in [0.15, 0.2) is 0 Å². The zero-order valence-electron chi connectivity index (χ0n) is 8.09. The molecular weight excluding hydrogens is 289 g/mol. The highest BCUT2D eigenvalue weighted by Crippen LogP contribution is 2.21. The molecule has 0 N–H and O–H groups in total. The van der Waals surface area contributed by atoms with E-state index in [0.29, 0.717) is 0 Å². The molecule has 0 fully saturated rings. The summed E-state index contributed by atoms with van der Waals surface area (Å²) in [6.07, 6.45) is 0.992. The maximum Gasteiger partial charge on any atom is 0.219 e. The molecule has 1 heterocycles. The zero-order chi connectivity index (χ0) is 10.1. The van der Waals surface area contributed by atoms with Crippen LogP contribution in [0.2, 0.25) is 0 Å². The zero-order valence-corrected chi connectivity index (χ0v) is 10.2. The Morgan fingerprint density at radius 2 is 2.21 bits per heavy atom. The van der Waals surface area contributed by atoms with Gasteiger partial charge in [0, 0.05) is 23.6 Å². The number of rotatable bonds is 0. The first-order valence-electron chi connectivity index (χ1n) is 4.69. The number of carbonyl (C=O) groups is 1. The van der Waals surface area contributed by atoms with Gasteiger partial charge in [-0.3, -0.25) is 4.79 Å². The molecule has 0 spiro atoms. The van der Waals surface area contributed by atoms with Crippen LogP contribution in [0.3, 0.4) is 0 Å². The smallest absolute Gasteiger partial charge is 0.219 e. The van der Waals surface area contributed by atoms with Crippen molar-refractivity contribution in [1.29, 1.82) is 0 Å². The molecule has 1 aromatic carbocycles. The molecule has 2 rings (SSSR count). The largest absolute Gasteiger partial charge is 0.338 e. The van der Waals surface area contributed by atoms with Gasteiger partial charge < -0.3 is 4.90 Å². The molecule has 0 bridgehead atoms. The van der Waals surface area contributed by atoms with Crippen LogP contribution in [0.1, 0.15) is 18.1 Å². The van der Waals surface area contributed by atoms with Gasteiger partial charge in [-0.25, -0.2) is 0 Å². The van der Waals surface area contributed by atoms with Crippen LogP contribution in [-0.4, -0.2) is 17.4 Å². The van der Waals surface area contributed by atoms with Crippen molar-refractivity contribution in [3.63, 3.8) is 0 Å². The van der Waals surface area contributed by atoms with E-state index in [-0.39, 0.29) is 5.91 Å². The number of fused-ring (bicyclic) bond motifs is 1. The third-order valence-electron chi connectivity index (χ3n) is 2.63. The van der Waals surface area contributed by atoms with E-state index in [1.165, 1.54) is 14.7 Å². The van der Waals surface area contributed by atoms with Gasteiger partial charge in [-0.1, -0.05) is 6.07 Å². The Morgan fingerprint density at radius 3 is 2.93 bits per heavy atom. The van der Waals surface area contributed by atoms with Crippen molar-refractivity contribution < 1.29 is 4.79 Å². The second-order valence-corrected chi connectivity index (χ2v) is 4.85. The number of hydrogen-bond donors (Lipinski definition) is 0. The summed E-state index contributed by atoms with van der Waals surface area (Å²) in [7, 11) is 0. The van der Waals surface area contributed by atoms with E-state index in [9.17, 15) is 4.79 Å². The lowest BCUT2D eigenvalue weighted by atomic mass is 10.00. The summed E-state index contributed by atoms with van der Waals surface area (Å²) < 4.78 is 1.24. The van der Waals surface area contributed by atoms with Crippen molar-refractivity contribution in [1.82, 2.24) is 4.90 Å².